The molecule has 5 aliphatic heterocycles. The van der Waals surface area contributed by atoms with E-state index >= 15 is 0 Å². The zero-order valence-corrected chi connectivity index (χ0v) is 32.9. The number of aliphatic hydroxyl groups excluding tert-OH is 13. The van der Waals surface area contributed by atoms with E-state index < -0.39 is 185 Å². The predicted molar refractivity (Wildman–Crippen MR) is 187 cm³/mol. The first kappa shape index (κ1) is 49.1. The normalized spacial score (nSPS) is 50.2. The Hall–Kier alpha value is -1.94. The Morgan fingerprint density at radius 1 is 0.433 bits per heavy atom. The van der Waals surface area contributed by atoms with Crippen molar-refractivity contribution in [2.24, 2.45) is 0 Å². The zero-order valence-electron chi connectivity index (χ0n) is 32.9. The maximum absolute atomic E-state index is 12.0. The van der Waals surface area contributed by atoms with Gasteiger partial charge in [-0.05, 0) is 13.8 Å². The molecule has 15 N–H and O–H groups in total. The summed E-state index contributed by atoms with van der Waals surface area (Å²) in [5.74, 6) is -1.41. The van der Waals surface area contributed by atoms with E-state index in [0.717, 1.165) is 13.8 Å². The number of amides is 2. The Morgan fingerprint density at radius 2 is 0.833 bits per heavy atom. The van der Waals surface area contributed by atoms with Crippen molar-refractivity contribution in [1.29, 1.82) is 0 Å². The average Bonchev–Trinajstić information content (AvgIpc) is 3.19. The number of ether oxygens (including phenoxy) is 9. The van der Waals surface area contributed by atoms with E-state index in [2.05, 4.69) is 10.6 Å². The van der Waals surface area contributed by atoms with Gasteiger partial charge in [0.05, 0.1) is 32.0 Å². The second-order valence-electron chi connectivity index (χ2n) is 15.4. The molecule has 5 saturated heterocycles. The lowest BCUT2D eigenvalue weighted by Crippen LogP contribution is -2.69. The highest BCUT2D eigenvalue weighted by Gasteiger charge is 2.57. The van der Waals surface area contributed by atoms with Crippen LogP contribution in [0.3, 0.4) is 0 Å². The fourth-order valence-electron chi connectivity index (χ4n) is 7.68. The summed E-state index contributed by atoms with van der Waals surface area (Å²) in [5, 5.41) is 144. The van der Waals surface area contributed by atoms with Crippen molar-refractivity contribution < 1.29 is 119 Å². The average molecular weight is 879 g/mol. The fraction of sp³-hybridized carbons (Fsp3) is 0.941. The molecule has 0 aromatic heterocycles. The Kier molecular flexibility index (Phi) is 16.9. The molecule has 60 heavy (non-hydrogen) atoms. The summed E-state index contributed by atoms with van der Waals surface area (Å²) in [5.41, 5.74) is 0. The van der Waals surface area contributed by atoms with Crippen LogP contribution in [-0.4, -0.2) is 251 Å². The van der Waals surface area contributed by atoms with Gasteiger partial charge in [-0.25, -0.2) is 0 Å². The monoisotopic (exact) mass is 878 g/mol. The Balaban J connectivity index is 1.43. The first-order valence-corrected chi connectivity index (χ1v) is 19.3. The fourth-order valence-corrected chi connectivity index (χ4v) is 7.68. The largest absolute Gasteiger partial charge is 0.394 e. The zero-order chi connectivity index (χ0) is 44.5. The van der Waals surface area contributed by atoms with E-state index in [1.807, 2.05) is 0 Å². The minimum absolute atomic E-state index is 0.702. The minimum atomic E-state index is -2.08. The summed E-state index contributed by atoms with van der Waals surface area (Å²) in [6.07, 6.45) is -40.1. The number of rotatable bonds is 13. The molecule has 348 valence electrons. The molecule has 0 radical (unpaired) electrons. The number of carbonyl (C=O) groups excluding carboxylic acids is 2. The van der Waals surface area contributed by atoms with Crippen molar-refractivity contribution in [2.45, 2.75) is 181 Å². The molecule has 0 bridgehead atoms. The first-order chi connectivity index (χ1) is 28.2. The van der Waals surface area contributed by atoms with Gasteiger partial charge in [0.25, 0.3) is 0 Å². The summed E-state index contributed by atoms with van der Waals surface area (Å²) >= 11 is 0. The summed E-state index contributed by atoms with van der Waals surface area (Å²) < 4.78 is 51.8. The highest BCUT2D eigenvalue weighted by molar-refractivity contribution is 5.73. The molecule has 0 spiro atoms. The first-order valence-electron chi connectivity index (χ1n) is 19.3. The van der Waals surface area contributed by atoms with Gasteiger partial charge >= 0.3 is 0 Å². The highest BCUT2D eigenvalue weighted by Crippen LogP contribution is 2.36. The van der Waals surface area contributed by atoms with Crippen LogP contribution in [0.2, 0.25) is 0 Å². The third kappa shape index (κ3) is 10.4. The summed E-state index contributed by atoms with van der Waals surface area (Å²) in [6.45, 7) is 2.23. The number of nitrogens with one attached hydrogen (secondary N) is 2. The predicted octanol–water partition coefficient (Wildman–Crippen LogP) is -9.58. The van der Waals surface area contributed by atoms with Gasteiger partial charge in [0.15, 0.2) is 31.5 Å². The molecule has 26 nitrogen and oxygen atoms in total. The number of hydrogen-bond donors (Lipinski definition) is 15. The van der Waals surface area contributed by atoms with Crippen LogP contribution >= 0.6 is 0 Å². The highest BCUT2D eigenvalue weighted by atomic mass is 16.8. The van der Waals surface area contributed by atoms with Gasteiger partial charge in [0, 0.05) is 13.8 Å². The maximum Gasteiger partial charge on any atom is 0.217 e. The van der Waals surface area contributed by atoms with Crippen LogP contribution in [0.5, 0.6) is 0 Å². The van der Waals surface area contributed by atoms with E-state index in [1.54, 1.807) is 0 Å². The van der Waals surface area contributed by atoms with Crippen LogP contribution < -0.4 is 10.6 Å². The van der Waals surface area contributed by atoms with E-state index in [-0.39, 0.29) is 0 Å². The lowest BCUT2D eigenvalue weighted by molar-refractivity contribution is -0.399. The van der Waals surface area contributed by atoms with Gasteiger partial charge < -0.3 is 120 Å². The molecule has 0 unspecified atom stereocenters. The molecule has 0 saturated carbocycles. The quantitative estimate of drug-likeness (QED) is 0.0817. The molecular formula is C34H58N2O24. The molecule has 2 amide bonds. The van der Waals surface area contributed by atoms with E-state index in [0.29, 0.717) is 0 Å². The summed E-state index contributed by atoms with van der Waals surface area (Å²) in [4.78, 5) is 24.0. The van der Waals surface area contributed by atoms with Gasteiger partial charge in [-0.2, -0.15) is 0 Å². The SMILES string of the molecule is CC(=O)N[C@@H]1[C@H](O[C@H]2[C@H](O[C@H]3[C@H](O[C@@H]4[C@@H](O)[C@@H](O[C@H]5[C@H](O)[C@@H](CO)O[C@@H](O)[C@@H]5NC(C)=O)O[C@H](CO)[C@H]4O)O[C@@H](C)[C@H](O)[C@H]3O)O[C@@H](C)[C@H](O)[C@H]2O)O[C@H](CO)[C@@H](O)[C@@H]1O. The maximum atomic E-state index is 12.0. The molecule has 0 aliphatic carbocycles. The second-order valence-corrected chi connectivity index (χ2v) is 15.4. The standard InChI is InChI=1S/C34H58N2O24/c1-8-18(43)24(49)29(60-34-28(23(48)17(42)9(2)53-34)59-31-15(35-10(3)40)22(47)19(44)12(5-37)55-31)33(52-8)58-27-21(46)14(7-39)56-32(25(27)50)57-26-16(36-11(4)41)30(51)54-13(6-38)20(26)45/h8-9,12-34,37-39,42-51H,5-7H2,1-4H3,(H,35,40)(H,36,41)/t8-,9-,12+,13+,14+,15-,16+,17-,18-,19+,20+,21+,22+,23+,24+,25+,26+,27-,28+,29+,30+,31-,32+,33-,34-/m0/s1. The van der Waals surface area contributed by atoms with Crippen LogP contribution in [-0.2, 0) is 52.2 Å². The molecule has 25 atom stereocenters. The number of carbonyl (C=O) groups is 2. The topological polar surface area (TPSA) is 404 Å². The van der Waals surface area contributed by atoms with Gasteiger partial charge in [-0.15, -0.1) is 0 Å². The summed E-state index contributed by atoms with van der Waals surface area (Å²) in [6, 6.07) is -3.05. The van der Waals surface area contributed by atoms with Gasteiger partial charge in [-0.3, -0.25) is 9.59 Å². The molecule has 5 rings (SSSR count). The van der Waals surface area contributed by atoms with Crippen molar-refractivity contribution >= 4 is 11.8 Å². The molecule has 26 heteroatoms. The molecule has 5 fully saturated rings. The van der Waals surface area contributed by atoms with Gasteiger partial charge in [0.2, 0.25) is 11.8 Å². The summed E-state index contributed by atoms with van der Waals surface area (Å²) in [7, 11) is 0. The van der Waals surface area contributed by atoms with Crippen LogP contribution in [0.15, 0.2) is 0 Å². The molecule has 5 heterocycles. The lowest BCUT2D eigenvalue weighted by Gasteiger charge is -2.50. The van der Waals surface area contributed by atoms with Crippen LogP contribution in [0.4, 0.5) is 0 Å². The van der Waals surface area contributed by atoms with Crippen molar-refractivity contribution in [3.05, 3.63) is 0 Å². The van der Waals surface area contributed by atoms with E-state index in [1.165, 1.54) is 13.8 Å². The third-order valence-electron chi connectivity index (χ3n) is 11.0. The Labute approximate surface area is 342 Å². The van der Waals surface area contributed by atoms with Crippen molar-refractivity contribution in [1.82, 2.24) is 10.6 Å². The minimum Gasteiger partial charge on any atom is -0.394 e. The molecule has 0 aromatic carbocycles. The second kappa shape index (κ2) is 20.7. The molecular weight excluding hydrogens is 820 g/mol. The van der Waals surface area contributed by atoms with Crippen molar-refractivity contribution in [3.8, 4) is 0 Å². The van der Waals surface area contributed by atoms with Crippen molar-refractivity contribution in [2.75, 3.05) is 19.8 Å². The third-order valence-corrected chi connectivity index (χ3v) is 11.0. The van der Waals surface area contributed by atoms with Gasteiger partial charge in [-0.1, -0.05) is 0 Å². The molecule has 5 aliphatic rings. The van der Waals surface area contributed by atoms with Crippen molar-refractivity contribution in [3.63, 3.8) is 0 Å². The number of hydrogen-bond acceptors (Lipinski definition) is 24. The molecule has 0 aromatic rings. The lowest BCUT2D eigenvalue weighted by atomic mass is 9.95. The smallest absolute Gasteiger partial charge is 0.217 e. The van der Waals surface area contributed by atoms with Gasteiger partial charge in [0.1, 0.15) is 110 Å². The van der Waals surface area contributed by atoms with Crippen LogP contribution in [0, 0.1) is 0 Å². The Bertz CT molecular complexity index is 1410. The Morgan fingerprint density at radius 3 is 1.33 bits per heavy atom. The number of aliphatic hydroxyl groups is 13. The van der Waals surface area contributed by atoms with E-state index in [9.17, 15) is 76.0 Å². The van der Waals surface area contributed by atoms with E-state index in [4.69, 9.17) is 42.6 Å². The van der Waals surface area contributed by atoms with Crippen LogP contribution in [0.1, 0.15) is 27.7 Å². The van der Waals surface area contributed by atoms with Crippen LogP contribution in [0.25, 0.3) is 0 Å².